The van der Waals surface area contributed by atoms with E-state index in [2.05, 4.69) is 9.88 Å². The minimum absolute atomic E-state index is 0.139. The summed E-state index contributed by atoms with van der Waals surface area (Å²) in [6.45, 7) is 3.32. The zero-order valence-electron chi connectivity index (χ0n) is 18.1. The number of hydrogen-bond acceptors (Lipinski definition) is 9. The van der Waals surface area contributed by atoms with E-state index in [4.69, 9.17) is 10.2 Å². The van der Waals surface area contributed by atoms with Crippen LogP contribution in [0.4, 0.5) is 5.82 Å². The fraction of sp³-hybridized carbons (Fsp3) is 0.474. The van der Waals surface area contributed by atoms with Crippen LogP contribution in [0.3, 0.4) is 0 Å². The van der Waals surface area contributed by atoms with Crippen molar-refractivity contribution in [3.8, 4) is 0 Å². The Bertz CT molecular complexity index is 1210. The number of carbonyl (C=O) groups is 1. The van der Waals surface area contributed by atoms with Crippen LogP contribution in [0.2, 0.25) is 0 Å². The van der Waals surface area contributed by atoms with Crippen molar-refractivity contribution in [2.24, 2.45) is 5.73 Å². The molecule has 0 bridgehead atoms. The molecule has 0 atom stereocenters. The highest BCUT2D eigenvalue weighted by Gasteiger charge is 2.32. The smallest absolute Gasteiger partial charge is 0.284 e. The molecular formula is C19H26N6O6S2. The number of primary amides is 1. The Morgan fingerprint density at radius 1 is 0.879 bits per heavy atom. The molecule has 2 aliphatic rings. The second-order valence-electron chi connectivity index (χ2n) is 7.93. The fourth-order valence-electron chi connectivity index (χ4n) is 3.77. The molecule has 2 fully saturated rings. The van der Waals surface area contributed by atoms with Gasteiger partial charge >= 0.3 is 0 Å². The number of aromatic nitrogens is 1. The number of nitrogens with zero attached hydrogens (tertiary/aromatic N) is 5. The van der Waals surface area contributed by atoms with Crippen molar-refractivity contribution in [1.82, 2.24) is 18.5 Å². The van der Waals surface area contributed by atoms with Gasteiger partial charge in [0.1, 0.15) is 10.7 Å². The number of likely N-dealkylation sites (N-methyl/N-ethyl adjacent to an activating group) is 1. The maximum atomic E-state index is 12.9. The molecule has 2 aliphatic heterocycles. The summed E-state index contributed by atoms with van der Waals surface area (Å²) in [6.07, 6.45) is 1.35. The van der Waals surface area contributed by atoms with Gasteiger partial charge in [-0.25, -0.2) is 21.8 Å². The third kappa shape index (κ3) is 4.75. The molecule has 0 saturated carbocycles. The molecule has 1 amide bonds. The summed E-state index contributed by atoms with van der Waals surface area (Å²) < 4.78 is 59.0. The molecule has 4 heterocycles. The van der Waals surface area contributed by atoms with Crippen LogP contribution in [0, 0.1) is 0 Å². The Balaban J connectivity index is 1.40. The Morgan fingerprint density at radius 2 is 1.48 bits per heavy atom. The van der Waals surface area contributed by atoms with Gasteiger partial charge in [-0.05, 0) is 31.3 Å². The van der Waals surface area contributed by atoms with Gasteiger partial charge in [0.2, 0.25) is 15.1 Å². The molecule has 33 heavy (non-hydrogen) atoms. The predicted molar refractivity (Wildman–Crippen MR) is 119 cm³/mol. The first-order chi connectivity index (χ1) is 15.6. The van der Waals surface area contributed by atoms with Gasteiger partial charge < -0.3 is 20.0 Å². The van der Waals surface area contributed by atoms with E-state index < -0.39 is 26.0 Å². The van der Waals surface area contributed by atoms with Gasteiger partial charge in [-0.1, -0.05) is 0 Å². The number of piperazine rings is 2. The highest BCUT2D eigenvalue weighted by Crippen LogP contribution is 2.23. The third-order valence-corrected chi connectivity index (χ3v) is 9.46. The maximum Gasteiger partial charge on any atom is 0.284 e. The average molecular weight is 499 g/mol. The molecule has 2 N–H and O–H groups in total. The van der Waals surface area contributed by atoms with Crippen molar-refractivity contribution < 1.29 is 26.0 Å². The fourth-order valence-corrected chi connectivity index (χ4v) is 6.47. The molecule has 0 aliphatic carbocycles. The average Bonchev–Trinajstić information content (AvgIpc) is 3.31. The summed E-state index contributed by atoms with van der Waals surface area (Å²) in [5.74, 6) is -0.494. The molecule has 14 heteroatoms. The Kier molecular flexibility index (Phi) is 6.46. The molecule has 0 aromatic carbocycles. The van der Waals surface area contributed by atoms with E-state index in [1.165, 1.54) is 33.0 Å². The minimum atomic E-state index is -3.90. The molecule has 2 aromatic heterocycles. The first kappa shape index (κ1) is 23.6. The first-order valence-electron chi connectivity index (χ1n) is 10.4. The number of rotatable bonds is 6. The minimum Gasteiger partial charge on any atom is -0.438 e. The van der Waals surface area contributed by atoms with Crippen LogP contribution in [0.15, 0.2) is 44.9 Å². The number of pyridine rings is 1. The van der Waals surface area contributed by atoms with Gasteiger partial charge in [-0.2, -0.15) is 8.61 Å². The van der Waals surface area contributed by atoms with Gasteiger partial charge in [-0.15, -0.1) is 0 Å². The lowest BCUT2D eigenvalue weighted by molar-refractivity contribution is 0.0968. The summed E-state index contributed by atoms with van der Waals surface area (Å²) in [4.78, 5) is 19.6. The number of carbonyl (C=O) groups excluding carboxylic acids is 1. The van der Waals surface area contributed by atoms with Gasteiger partial charge in [-0.3, -0.25) is 4.79 Å². The quantitative estimate of drug-likeness (QED) is 0.541. The Hall–Kier alpha value is -2.52. The lowest BCUT2D eigenvalue weighted by Crippen LogP contribution is -2.49. The summed E-state index contributed by atoms with van der Waals surface area (Å²) in [5.41, 5.74) is 5.12. The summed E-state index contributed by atoms with van der Waals surface area (Å²) >= 11 is 0. The monoisotopic (exact) mass is 498 g/mol. The first-order valence-corrected chi connectivity index (χ1v) is 13.3. The van der Waals surface area contributed by atoms with E-state index in [0.29, 0.717) is 45.1 Å². The van der Waals surface area contributed by atoms with Crippen LogP contribution in [0.25, 0.3) is 0 Å². The summed E-state index contributed by atoms with van der Waals surface area (Å²) in [6, 6.07) is 5.61. The highest BCUT2D eigenvalue weighted by atomic mass is 32.2. The van der Waals surface area contributed by atoms with Gasteiger partial charge in [0.15, 0.2) is 5.76 Å². The molecule has 2 aromatic rings. The van der Waals surface area contributed by atoms with Crippen molar-refractivity contribution in [3.05, 3.63) is 36.2 Å². The SMILES string of the molecule is CN1CCN(S(=O)(=O)c2ccc(N3CCN(S(=O)(=O)c4ccc(C(N)=O)o4)CC3)nc2)CC1. The zero-order chi connectivity index (χ0) is 23.8. The summed E-state index contributed by atoms with van der Waals surface area (Å²) in [7, 11) is -5.54. The van der Waals surface area contributed by atoms with Crippen LogP contribution >= 0.6 is 0 Å². The van der Waals surface area contributed by atoms with Crippen molar-refractivity contribution in [2.45, 2.75) is 9.99 Å². The predicted octanol–water partition coefficient (Wildman–Crippen LogP) is -0.779. The highest BCUT2D eigenvalue weighted by molar-refractivity contribution is 7.89. The number of anilines is 1. The van der Waals surface area contributed by atoms with E-state index in [0.717, 1.165) is 0 Å². The van der Waals surface area contributed by atoms with Gasteiger partial charge in [0, 0.05) is 58.6 Å². The molecule has 2 saturated heterocycles. The third-order valence-electron chi connectivity index (χ3n) is 5.80. The van der Waals surface area contributed by atoms with Crippen LogP contribution in [0.1, 0.15) is 10.6 Å². The number of hydrogen-bond donors (Lipinski definition) is 1. The van der Waals surface area contributed by atoms with Crippen LogP contribution < -0.4 is 10.6 Å². The number of sulfonamides is 2. The van der Waals surface area contributed by atoms with E-state index in [-0.39, 0.29) is 28.8 Å². The molecule has 4 rings (SSSR count). The molecule has 12 nitrogen and oxygen atoms in total. The largest absolute Gasteiger partial charge is 0.438 e. The molecule has 180 valence electrons. The van der Waals surface area contributed by atoms with E-state index in [1.54, 1.807) is 6.07 Å². The van der Waals surface area contributed by atoms with Crippen molar-refractivity contribution in [1.29, 1.82) is 0 Å². The molecular weight excluding hydrogens is 472 g/mol. The summed E-state index contributed by atoms with van der Waals surface area (Å²) in [5, 5.41) is -0.332. The van der Waals surface area contributed by atoms with Gasteiger partial charge in [0.25, 0.3) is 15.9 Å². The van der Waals surface area contributed by atoms with E-state index in [9.17, 15) is 21.6 Å². The molecule has 0 radical (unpaired) electrons. The number of nitrogens with two attached hydrogens (primary N) is 1. The molecule has 0 unspecified atom stereocenters. The van der Waals surface area contributed by atoms with Gasteiger partial charge in [0.05, 0.1) is 0 Å². The van der Waals surface area contributed by atoms with E-state index in [1.807, 2.05) is 11.9 Å². The topological polar surface area (TPSA) is 150 Å². The second kappa shape index (κ2) is 9.02. The van der Waals surface area contributed by atoms with Crippen molar-refractivity contribution >= 4 is 31.8 Å². The van der Waals surface area contributed by atoms with Crippen LogP contribution in [-0.2, 0) is 20.0 Å². The van der Waals surface area contributed by atoms with Crippen molar-refractivity contribution in [3.63, 3.8) is 0 Å². The Labute approximate surface area is 192 Å². The van der Waals surface area contributed by atoms with E-state index >= 15 is 0 Å². The maximum absolute atomic E-state index is 12.9. The Morgan fingerprint density at radius 3 is 2.03 bits per heavy atom. The number of amides is 1. The van der Waals surface area contributed by atoms with Crippen LogP contribution in [-0.4, -0.2) is 101 Å². The number of furan rings is 1. The standard InChI is InChI=1S/C19H26N6O6S2/c1-22-6-10-24(11-7-22)32(27,28)15-2-4-17(21-14-15)23-8-12-25(13-9-23)33(29,30)18-5-3-16(31-18)19(20)26/h2-5,14H,6-13H2,1H3,(H2,20,26). The van der Waals surface area contributed by atoms with Crippen molar-refractivity contribution in [2.75, 3.05) is 64.3 Å². The molecule has 0 spiro atoms. The zero-order valence-corrected chi connectivity index (χ0v) is 19.8. The lowest BCUT2D eigenvalue weighted by atomic mass is 10.3. The normalized spacial score (nSPS) is 19.6. The van der Waals surface area contributed by atoms with Crippen LogP contribution in [0.5, 0.6) is 0 Å². The lowest BCUT2D eigenvalue weighted by Gasteiger charge is -2.34. The second-order valence-corrected chi connectivity index (χ2v) is 11.7.